The van der Waals surface area contributed by atoms with Crippen molar-refractivity contribution in [2.24, 2.45) is 0 Å². The van der Waals surface area contributed by atoms with Gasteiger partial charge in [0.05, 0.1) is 16.8 Å². The molecule has 0 bridgehead atoms. The SMILES string of the molecule is CC(C)N(Cc1ccc(C(=O)Nc2ccc(C(=O)NC3CCN(c4ccc5c(c4)C(=O)N(C4CCC(=O)NC4=O)C5=O)CC3)cc2)cc1)C(=O)c1ccc2c(c1)OCC(=O)N2. The Kier molecular flexibility index (Phi) is 11.1. The summed E-state index contributed by atoms with van der Waals surface area (Å²) in [4.78, 5) is 107. The predicted octanol–water partition coefficient (Wildman–Crippen LogP) is 4.12. The zero-order valence-electron chi connectivity index (χ0n) is 33.5. The summed E-state index contributed by atoms with van der Waals surface area (Å²) >= 11 is 0. The summed E-state index contributed by atoms with van der Waals surface area (Å²) < 4.78 is 5.49. The van der Waals surface area contributed by atoms with E-state index in [1.54, 1.807) is 89.8 Å². The summed E-state index contributed by atoms with van der Waals surface area (Å²) in [5.41, 5.74) is 4.35. The van der Waals surface area contributed by atoms with Gasteiger partial charge in [0.1, 0.15) is 11.8 Å². The fourth-order valence-electron chi connectivity index (χ4n) is 7.94. The summed E-state index contributed by atoms with van der Waals surface area (Å²) in [6.45, 7) is 5.23. The van der Waals surface area contributed by atoms with Gasteiger partial charge in [-0.25, -0.2) is 0 Å². The molecule has 0 spiro atoms. The number of ether oxygens (including phenoxy) is 1. The number of carbonyl (C=O) groups excluding carboxylic acids is 8. The second kappa shape index (κ2) is 16.7. The van der Waals surface area contributed by atoms with Crippen molar-refractivity contribution in [2.75, 3.05) is 35.2 Å². The maximum Gasteiger partial charge on any atom is 0.262 e. The summed E-state index contributed by atoms with van der Waals surface area (Å²) in [5.74, 6) is -2.78. The van der Waals surface area contributed by atoms with Crippen LogP contribution in [-0.4, -0.2) is 94.9 Å². The molecule has 4 aliphatic heterocycles. The van der Waals surface area contributed by atoms with Crippen LogP contribution in [0.5, 0.6) is 5.75 Å². The highest BCUT2D eigenvalue weighted by atomic mass is 16.5. The molecular formula is C45H43N7O9. The van der Waals surface area contributed by atoms with Crippen molar-refractivity contribution in [2.45, 2.75) is 64.2 Å². The van der Waals surface area contributed by atoms with Crippen LogP contribution in [0, 0.1) is 0 Å². The minimum Gasteiger partial charge on any atom is -0.482 e. The second-order valence-corrected chi connectivity index (χ2v) is 15.7. The molecule has 1 unspecified atom stereocenters. The maximum atomic E-state index is 13.5. The first kappa shape index (κ1) is 40.4. The average molecular weight is 826 g/mol. The molecule has 0 saturated carbocycles. The molecule has 0 aliphatic carbocycles. The van der Waals surface area contributed by atoms with E-state index >= 15 is 0 Å². The number of fused-ring (bicyclic) bond motifs is 2. The van der Waals surface area contributed by atoms with Crippen molar-refractivity contribution in [3.63, 3.8) is 0 Å². The van der Waals surface area contributed by atoms with Gasteiger partial charge < -0.3 is 30.5 Å². The molecule has 61 heavy (non-hydrogen) atoms. The first-order valence-corrected chi connectivity index (χ1v) is 20.1. The Morgan fingerprint density at radius 3 is 2.13 bits per heavy atom. The number of hydrogen-bond acceptors (Lipinski definition) is 10. The molecule has 16 nitrogen and oxygen atoms in total. The summed E-state index contributed by atoms with van der Waals surface area (Å²) in [7, 11) is 0. The molecule has 4 N–H and O–H groups in total. The van der Waals surface area contributed by atoms with Crippen LogP contribution in [0.1, 0.15) is 96.9 Å². The van der Waals surface area contributed by atoms with E-state index in [0.29, 0.717) is 66.3 Å². The number of imide groups is 2. The molecule has 4 aromatic carbocycles. The Morgan fingerprint density at radius 1 is 0.754 bits per heavy atom. The largest absolute Gasteiger partial charge is 0.482 e. The average Bonchev–Trinajstić information content (AvgIpc) is 3.50. The minimum atomic E-state index is -1.03. The van der Waals surface area contributed by atoms with Crippen LogP contribution in [0.4, 0.5) is 17.1 Å². The lowest BCUT2D eigenvalue weighted by molar-refractivity contribution is -0.136. The zero-order chi connectivity index (χ0) is 42.9. The molecule has 16 heteroatoms. The number of nitrogens with one attached hydrogen (secondary N) is 4. The third-order valence-corrected chi connectivity index (χ3v) is 11.3. The quantitative estimate of drug-likeness (QED) is 0.169. The molecule has 1 atom stereocenters. The van der Waals surface area contributed by atoms with Gasteiger partial charge in [-0.15, -0.1) is 0 Å². The van der Waals surface area contributed by atoms with Gasteiger partial charge >= 0.3 is 0 Å². The second-order valence-electron chi connectivity index (χ2n) is 15.7. The van der Waals surface area contributed by atoms with E-state index in [9.17, 15) is 38.4 Å². The van der Waals surface area contributed by atoms with Gasteiger partial charge in [0.15, 0.2) is 6.61 Å². The highest BCUT2D eigenvalue weighted by molar-refractivity contribution is 6.23. The fraction of sp³-hybridized carbons (Fsp3) is 0.289. The van der Waals surface area contributed by atoms with Gasteiger partial charge in [0.2, 0.25) is 11.8 Å². The van der Waals surface area contributed by atoms with Crippen molar-refractivity contribution in [3.05, 3.63) is 118 Å². The van der Waals surface area contributed by atoms with E-state index in [4.69, 9.17) is 4.74 Å². The third-order valence-electron chi connectivity index (χ3n) is 11.3. The van der Waals surface area contributed by atoms with Gasteiger partial charge in [-0.05, 0) is 111 Å². The predicted molar refractivity (Wildman–Crippen MR) is 222 cm³/mol. The summed E-state index contributed by atoms with van der Waals surface area (Å²) in [5, 5.41) is 10.9. The van der Waals surface area contributed by atoms with Gasteiger partial charge in [0, 0.05) is 66.2 Å². The van der Waals surface area contributed by atoms with Crippen LogP contribution in [0.3, 0.4) is 0 Å². The smallest absolute Gasteiger partial charge is 0.262 e. The van der Waals surface area contributed by atoms with E-state index in [2.05, 4.69) is 26.2 Å². The van der Waals surface area contributed by atoms with Gasteiger partial charge in [0.25, 0.3) is 35.4 Å². The number of carbonyl (C=O) groups is 8. The molecule has 312 valence electrons. The highest BCUT2D eigenvalue weighted by Gasteiger charge is 2.45. The molecule has 4 aromatic rings. The molecule has 0 aromatic heterocycles. The van der Waals surface area contributed by atoms with Gasteiger partial charge in [-0.2, -0.15) is 0 Å². The van der Waals surface area contributed by atoms with E-state index in [1.165, 1.54) is 0 Å². The monoisotopic (exact) mass is 825 g/mol. The van der Waals surface area contributed by atoms with E-state index in [1.807, 2.05) is 13.8 Å². The molecule has 4 aliphatic rings. The summed E-state index contributed by atoms with van der Waals surface area (Å²) in [6.07, 6.45) is 1.42. The molecule has 0 radical (unpaired) electrons. The Hall–Kier alpha value is -7.36. The normalized spacial score (nSPS) is 17.6. The lowest BCUT2D eigenvalue weighted by atomic mass is 10.0. The molecular weight excluding hydrogens is 783 g/mol. The van der Waals surface area contributed by atoms with Crippen molar-refractivity contribution in [1.29, 1.82) is 0 Å². The molecule has 8 amide bonds. The number of amides is 8. The number of rotatable bonds is 10. The minimum absolute atomic E-state index is 0.0495. The van der Waals surface area contributed by atoms with E-state index in [0.717, 1.165) is 16.2 Å². The number of hydrogen-bond donors (Lipinski definition) is 4. The zero-order valence-corrected chi connectivity index (χ0v) is 33.5. The number of benzene rings is 4. The molecule has 8 rings (SSSR count). The Bertz CT molecular complexity index is 2480. The van der Waals surface area contributed by atoms with Gasteiger partial charge in [-0.3, -0.25) is 48.6 Å². The highest BCUT2D eigenvalue weighted by Crippen LogP contribution is 2.32. The van der Waals surface area contributed by atoms with Crippen LogP contribution in [0.15, 0.2) is 84.9 Å². The van der Waals surface area contributed by atoms with Crippen LogP contribution in [0.2, 0.25) is 0 Å². The van der Waals surface area contributed by atoms with Crippen molar-refractivity contribution >= 4 is 64.3 Å². The van der Waals surface area contributed by atoms with Crippen molar-refractivity contribution in [1.82, 2.24) is 20.4 Å². The Balaban J connectivity index is 0.811. The van der Waals surface area contributed by atoms with E-state index in [-0.39, 0.29) is 66.3 Å². The number of piperidine rings is 2. The van der Waals surface area contributed by atoms with Crippen LogP contribution in [-0.2, 0) is 20.9 Å². The maximum absolute atomic E-state index is 13.5. The van der Waals surface area contributed by atoms with Crippen LogP contribution >= 0.6 is 0 Å². The lowest BCUT2D eigenvalue weighted by Crippen LogP contribution is -2.54. The molecule has 2 saturated heterocycles. The van der Waals surface area contributed by atoms with Gasteiger partial charge in [-0.1, -0.05) is 12.1 Å². The number of nitrogens with zero attached hydrogens (tertiary/aromatic N) is 3. The molecule has 4 heterocycles. The first-order chi connectivity index (χ1) is 29.3. The number of anilines is 3. The van der Waals surface area contributed by atoms with Crippen LogP contribution in [0.25, 0.3) is 0 Å². The van der Waals surface area contributed by atoms with E-state index < -0.39 is 29.7 Å². The van der Waals surface area contributed by atoms with Crippen molar-refractivity contribution < 1.29 is 43.1 Å². The molecule has 2 fully saturated rings. The Labute approximate surface area is 350 Å². The van der Waals surface area contributed by atoms with Crippen molar-refractivity contribution in [3.8, 4) is 5.75 Å². The fourth-order valence-corrected chi connectivity index (χ4v) is 7.94. The van der Waals surface area contributed by atoms with Crippen LogP contribution < -0.4 is 30.9 Å². The Morgan fingerprint density at radius 2 is 1.43 bits per heavy atom. The third kappa shape index (κ3) is 8.42. The lowest BCUT2D eigenvalue weighted by Gasteiger charge is -2.34. The first-order valence-electron chi connectivity index (χ1n) is 20.1. The standard InChI is InChI=1S/C45H43N7O9/c1-25(2)51(43(58)29-9-14-35-37(21-29)61-24-39(54)48-35)23-26-3-5-27(6-4-26)40(55)46-30-10-7-28(8-11-30)41(56)47-31-17-19-50(20-18-31)32-12-13-33-34(22-32)45(60)52(44(33)59)36-15-16-38(53)49-42(36)57/h3-14,21-22,25,31,36H,15-20,23-24H2,1-2H3,(H,46,55)(H,47,56)(H,48,54)(H,49,53,57). The topological polar surface area (TPSA) is 204 Å². The summed E-state index contributed by atoms with van der Waals surface area (Å²) in [6, 6.07) is 22.3.